The van der Waals surface area contributed by atoms with Gasteiger partial charge in [-0.05, 0) is 60.7 Å². The molecule has 1 atom stereocenters. The summed E-state index contributed by atoms with van der Waals surface area (Å²) in [5.74, 6) is 1.54. The van der Waals surface area contributed by atoms with Gasteiger partial charge in [0.2, 0.25) is 0 Å². The minimum absolute atomic E-state index is 0.103. The Morgan fingerprint density at radius 3 is 2.59 bits per heavy atom. The van der Waals surface area contributed by atoms with E-state index in [1.54, 1.807) is 6.92 Å². The van der Waals surface area contributed by atoms with Crippen LogP contribution in [-0.2, 0) is 11.2 Å². The maximum Gasteiger partial charge on any atom is 0.260 e. The molecule has 0 radical (unpaired) electrons. The first-order valence-corrected chi connectivity index (χ1v) is 10.3. The van der Waals surface area contributed by atoms with Crippen molar-refractivity contribution < 1.29 is 14.3 Å². The van der Waals surface area contributed by atoms with Crippen LogP contribution in [0.25, 0.3) is 10.8 Å². The fraction of sp³-hybridized carbons (Fsp3) is 0.320. The molecule has 0 aliphatic heterocycles. The Bertz CT molecular complexity index is 938. The van der Waals surface area contributed by atoms with Crippen LogP contribution >= 0.6 is 0 Å². The highest BCUT2D eigenvalue weighted by atomic mass is 16.5. The topological polar surface area (TPSA) is 47.6 Å². The molecule has 0 aromatic heterocycles. The monoisotopic (exact) mass is 391 g/mol. The zero-order valence-electron chi connectivity index (χ0n) is 17.2. The van der Waals surface area contributed by atoms with Gasteiger partial charge >= 0.3 is 0 Å². The van der Waals surface area contributed by atoms with Crippen molar-refractivity contribution in [1.29, 1.82) is 0 Å². The summed E-state index contributed by atoms with van der Waals surface area (Å²) in [7, 11) is 0. The highest BCUT2D eigenvalue weighted by Gasteiger charge is 2.14. The predicted octanol–water partition coefficient (Wildman–Crippen LogP) is 5.14. The van der Waals surface area contributed by atoms with Crippen LogP contribution in [0, 0.1) is 0 Å². The van der Waals surface area contributed by atoms with E-state index in [9.17, 15) is 4.79 Å². The summed E-state index contributed by atoms with van der Waals surface area (Å²) < 4.78 is 11.6. The fourth-order valence-corrected chi connectivity index (χ4v) is 3.20. The summed E-state index contributed by atoms with van der Waals surface area (Å²) in [6.07, 6.45) is 2.15. The van der Waals surface area contributed by atoms with Gasteiger partial charge in [-0.15, -0.1) is 0 Å². The molecule has 3 aromatic carbocycles. The average Bonchev–Trinajstić information content (AvgIpc) is 2.75. The Morgan fingerprint density at radius 1 is 1.00 bits per heavy atom. The third-order valence-electron chi connectivity index (χ3n) is 4.76. The average molecular weight is 392 g/mol. The fourth-order valence-electron chi connectivity index (χ4n) is 3.20. The molecule has 0 heterocycles. The highest BCUT2D eigenvalue weighted by Crippen LogP contribution is 2.22. The van der Waals surface area contributed by atoms with Crippen LogP contribution in [0.3, 0.4) is 0 Å². The quantitative estimate of drug-likeness (QED) is 0.487. The second kappa shape index (κ2) is 10.5. The molecule has 0 saturated carbocycles. The third kappa shape index (κ3) is 5.98. The van der Waals surface area contributed by atoms with Gasteiger partial charge in [-0.3, -0.25) is 4.79 Å². The van der Waals surface area contributed by atoms with Gasteiger partial charge in [0.15, 0.2) is 6.10 Å². The van der Waals surface area contributed by atoms with Crippen LogP contribution in [0.15, 0.2) is 66.7 Å². The second-order valence-corrected chi connectivity index (χ2v) is 7.12. The van der Waals surface area contributed by atoms with Crippen LogP contribution in [0.4, 0.5) is 0 Å². The Kier molecular flexibility index (Phi) is 7.51. The Morgan fingerprint density at radius 2 is 1.76 bits per heavy atom. The molecule has 152 valence electrons. The Labute approximate surface area is 172 Å². The molecule has 1 amide bonds. The van der Waals surface area contributed by atoms with Gasteiger partial charge in [-0.2, -0.15) is 0 Å². The molecule has 0 unspecified atom stereocenters. The first-order valence-electron chi connectivity index (χ1n) is 10.3. The molecule has 0 fully saturated rings. The number of carbonyl (C=O) groups excluding carboxylic acids is 1. The van der Waals surface area contributed by atoms with Crippen molar-refractivity contribution in [1.82, 2.24) is 5.32 Å². The third-order valence-corrected chi connectivity index (χ3v) is 4.76. The standard InChI is InChI=1S/C25H29NO3/c1-3-17-28-24-13-7-6-10-21(24)12-8-16-26-25(27)19(2)29-23-15-14-20-9-4-5-11-22(20)18-23/h4-7,9-11,13-15,18-19H,3,8,12,16-17H2,1-2H3,(H,26,27)/t19-/m1/s1. The molecule has 29 heavy (non-hydrogen) atoms. The lowest BCUT2D eigenvalue weighted by molar-refractivity contribution is -0.127. The predicted molar refractivity (Wildman–Crippen MR) is 118 cm³/mol. The van der Waals surface area contributed by atoms with Crippen molar-refractivity contribution in [3.63, 3.8) is 0 Å². The molecule has 0 spiro atoms. The lowest BCUT2D eigenvalue weighted by Crippen LogP contribution is -2.36. The molecule has 0 aliphatic rings. The zero-order chi connectivity index (χ0) is 20.5. The lowest BCUT2D eigenvalue weighted by Gasteiger charge is -2.15. The van der Waals surface area contributed by atoms with E-state index in [1.807, 2.05) is 54.6 Å². The summed E-state index contributed by atoms with van der Waals surface area (Å²) in [4.78, 5) is 12.4. The van der Waals surface area contributed by atoms with Crippen molar-refractivity contribution in [3.8, 4) is 11.5 Å². The van der Waals surface area contributed by atoms with Gasteiger partial charge in [0.05, 0.1) is 6.61 Å². The first-order chi connectivity index (χ1) is 14.2. The normalized spacial score (nSPS) is 11.8. The number of rotatable bonds is 10. The van der Waals surface area contributed by atoms with Crippen LogP contribution in [0.1, 0.15) is 32.3 Å². The number of aryl methyl sites for hydroxylation is 1. The molecule has 4 nitrogen and oxygen atoms in total. The number of ether oxygens (including phenoxy) is 2. The molecular weight excluding hydrogens is 362 g/mol. The van der Waals surface area contributed by atoms with Crippen LogP contribution in [0.5, 0.6) is 11.5 Å². The first kappa shape index (κ1) is 20.7. The lowest BCUT2D eigenvalue weighted by atomic mass is 10.1. The number of fused-ring (bicyclic) bond motifs is 1. The number of hydrogen-bond donors (Lipinski definition) is 1. The van der Waals surface area contributed by atoms with E-state index < -0.39 is 6.10 Å². The zero-order valence-corrected chi connectivity index (χ0v) is 17.2. The molecular formula is C25H29NO3. The molecule has 1 N–H and O–H groups in total. The van der Waals surface area contributed by atoms with Gasteiger partial charge in [-0.1, -0.05) is 55.5 Å². The molecule has 0 bridgehead atoms. The van der Waals surface area contributed by atoms with Crippen molar-refractivity contribution in [2.24, 2.45) is 0 Å². The smallest absolute Gasteiger partial charge is 0.260 e. The van der Waals surface area contributed by atoms with E-state index in [4.69, 9.17) is 9.47 Å². The summed E-state index contributed by atoms with van der Waals surface area (Å²) in [6.45, 7) is 5.20. The van der Waals surface area contributed by atoms with Crippen LogP contribution in [0.2, 0.25) is 0 Å². The van der Waals surface area contributed by atoms with E-state index >= 15 is 0 Å². The number of hydrogen-bond acceptors (Lipinski definition) is 3. The minimum Gasteiger partial charge on any atom is -0.493 e. The van der Waals surface area contributed by atoms with Crippen molar-refractivity contribution >= 4 is 16.7 Å². The summed E-state index contributed by atoms with van der Waals surface area (Å²) in [5, 5.41) is 5.22. The van der Waals surface area contributed by atoms with Gasteiger partial charge in [-0.25, -0.2) is 0 Å². The molecule has 0 aliphatic carbocycles. The van der Waals surface area contributed by atoms with E-state index in [1.165, 1.54) is 5.56 Å². The SMILES string of the molecule is CCCOc1ccccc1CCCNC(=O)[C@@H](C)Oc1ccc2ccccc2c1. The largest absolute Gasteiger partial charge is 0.493 e. The van der Waals surface area contributed by atoms with Gasteiger partial charge in [0.25, 0.3) is 5.91 Å². The summed E-state index contributed by atoms with van der Waals surface area (Å²) in [6, 6.07) is 22.1. The number of carbonyl (C=O) groups is 1. The molecule has 0 saturated heterocycles. The molecule has 3 aromatic rings. The van der Waals surface area contributed by atoms with Gasteiger partial charge < -0.3 is 14.8 Å². The minimum atomic E-state index is -0.545. The second-order valence-electron chi connectivity index (χ2n) is 7.12. The Hall–Kier alpha value is -3.01. The summed E-state index contributed by atoms with van der Waals surface area (Å²) in [5.41, 5.74) is 1.18. The van der Waals surface area contributed by atoms with Crippen molar-refractivity contribution in [2.75, 3.05) is 13.2 Å². The van der Waals surface area contributed by atoms with Gasteiger partial charge in [0, 0.05) is 6.54 Å². The maximum atomic E-state index is 12.4. The van der Waals surface area contributed by atoms with Crippen LogP contribution in [-0.4, -0.2) is 25.2 Å². The summed E-state index contributed by atoms with van der Waals surface area (Å²) >= 11 is 0. The molecule has 4 heteroatoms. The van der Waals surface area contributed by atoms with Gasteiger partial charge in [0.1, 0.15) is 11.5 Å². The number of amides is 1. The number of para-hydroxylation sites is 1. The van der Waals surface area contributed by atoms with Crippen LogP contribution < -0.4 is 14.8 Å². The van der Waals surface area contributed by atoms with E-state index in [-0.39, 0.29) is 5.91 Å². The van der Waals surface area contributed by atoms with E-state index in [0.717, 1.165) is 42.4 Å². The number of nitrogens with one attached hydrogen (secondary N) is 1. The molecule has 3 rings (SSSR count). The van der Waals surface area contributed by atoms with E-state index in [0.29, 0.717) is 12.3 Å². The Balaban J connectivity index is 1.45. The highest BCUT2D eigenvalue weighted by molar-refractivity contribution is 5.84. The van der Waals surface area contributed by atoms with Crippen molar-refractivity contribution in [2.45, 2.75) is 39.2 Å². The van der Waals surface area contributed by atoms with Crippen molar-refractivity contribution in [3.05, 3.63) is 72.3 Å². The number of benzene rings is 3. The maximum absolute atomic E-state index is 12.4. The van der Waals surface area contributed by atoms with E-state index in [2.05, 4.69) is 24.4 Å².